The van der Waals surface area contributed by atoms with Gasteiger partial charge in [-0.3, -0.25) is 0 Å². The molecular formula is C19H27N3O3. The van der Waals surface area contributed by atoms with Crippen molar-refractivity contribution in [1.29, 1.82) is 0 Å². The number of likely N-dealkylation sites (tertiary alicyclic amines) is 1. The lowest BCUT2D eigenvalue weighted by Crippen LogP contribution is -2.34. The molecule has 0 radical (unpaired) electrons. The first-order chi connectivity index (χ1) is 12.2. The molecule has 0 spiro atoms. The van der Waals surface area contributed by atoms with Gasteiger partial charge < -0.3 is 24.7 Å². The highest BCUT2D eigenvalue weighted by atomic mass is 16.5. The van der Waals surface area contributed by atoms with Crippen molar-refractivity contribution in [2.24, 2.45) is 5.92 Å². The Hall–Kier alpha value is -2.05. The van der Waals surface area contributed by atoms with Gasteiger partial charge in [-0.1, -0.05) is 12.1 Å². The van der Waals surface area contributed by atoms with E-state index < -0.39 is 0 Å². The minimum atomic E-state index is -0.181. The van der Waals surface area contributed by atoms with Crippen molar-refractivity contribution in [3.05, 3.63) is 30.0 Å². The van der Waals surface area contributed by atoms with Crippen molar-refractivity contribution in [2.45, 2.75) is 19.8 Å². The van der Waals surface area contributed by atoms with Crippen molar-refractivity contribution < 1.29 is 13.9 Å². The number of urea groups is 1. The molecule has 3 rings (SSSR count). The highest BCUT2D eigenvalue weighted by Gasteiger charge is 2.22. The highest BCUT2D eigenvalue weighted by Crippen LogP contribution is 2.26. The molecule has 2 N–H and O–H groups in total. The maximum atomic E-state index is 12.2. The number of anilines is 1. The summed E-state index contributed by atoms with van der Waals surface area (Å²) in [5, 5.41) is 6.89. The highest BCUT2D eigenvalue weighted by molar-refractivity contribution is 5.99. The fourth-order valence-corrected chi connectivity index (χ4v) is 3.41. The zero-order chi connectivity index (χ0) is 17.6. The Morgan fingerprint density at radius 3 is 3.16 bits per heavy atom. The number of fused-ring (bicyclic) bond motifs is 1. The molecule has 2 heterocycles. The van der Waals surface area contributed by atoms with Crippen molar-refractivity contribution in [3.8, 4) is 0 Å². The molecule has 2 aromatic rings. The van der Waals surface area contributed by atoms with Crippen LogP contribution in [0.1, 0.15) is 18.6 Å². The van der Waals surface area contributed by atoms with E-state index in [-0.39, 0.29) is 6.03 Å². The molecule has 25 heavy (non-hydrogen) atoms. The number of hydrogen-bond donors (Lipinski definition) is 2. The number of benzene rings is 1. The summed E-state index contributed by atoms with van der Waals surface area (Å²) in [6, 6.07) is 7.54. The van der Waals surface area contributed by atoms with Gasteiger partial charge in [0.15, 0.2) is 5.58 Å². The first-order valence-corrected chi connectivity index (χ1v) is 8.91. The van der Waals surface area contributed by atoms with Gasteiger partial charge in [-0.05, 0) is 44.4 Å². The molecule has 1 aromatic heterocycles. The summed E-state index contributed by atoms with van der Waals surface area (Å²) in [6.07, 6.45) is 2.18. The lowest BCUT2D eigenvalue weighted by atomic mass is 10.1. The number of amides is 2. The average molecular weight is 345 g/mol. The second-order valence-corrected chi connectivity index (χ2v) is 6.72. The number of furan rings is 1. The van der Waals surface area contributed by atoms with Gasteiger partial charge in [-0.2, -0.15) is 0 Å². The molecule has 1 fully saturated rings. The summed E-state index contributed by atoms with van der Waals surface area (Å²) in [7, 11) is 1.74. The molecule has 136 valence electrons. The van der Waals surface area contributed by atoms with E-state index in [4.69, 9.17) is 9.15 Å². The number of aryl methyl sites for hydroxylation is 1. The lowest BCUT2D eigenvalue weighted by molar-refractivity contribution is 0.178. The minimum Gasteiger partial charge on any atom is -0.459 e. The van der Waals surface area contributed by atoms with E-state index in [1.807, 2.05) is 31.2 Å². The van der Waals surface area contributed by atoms with Crippen LogP contribution in [0.4, 0.5) is 10.5 Å². The number of nitrogens with one attached hydrogen (secondary N) is 2. The van der Waals surface area contributed by atoms with E-state index in [0.29, 0.717) is 18.2 Å². The summed E-state index contributed by atoms with van der Waals surface area (Å²) in [5.74, 6) is 1.35. The predicted octanol–water partition coefficient (Wildman–Crippen LogP) is 3.22. The van der Waals surface area contributed by atoms with Crippen molar-refractivity contribution in [1.82, 2.24) is 10.2 Å². The number of ether oxygens (including phenoxy) is 1. The quantitative estimate of drug-likeness (QED) is 0.756. The first kappa shape index (κ1) is 17.8. The Balaban J connectivity index is 1.45. The average Bonchev–Trinajstić information content (AvgIpc) is 3.19. The van der Waals surface area contributed by atoms with Crippen molar-refractivity contribution >= 4 is 22.7 Å². The third kappa shape index (κ3) is 4.74. The molecule has 1 saturated heterocycles. The van der Waals surface area contributed by atoms with Crippen LogP contribution in [0.25, 0.3) is 11.0 Å². The van der Waals surface area contributed by atoms with Crippen LogP contribution >= 0.6 is 0 Å². The van der Waals surface area contributed by atoms with Crippen LogP contribution in [-0.4, -0.2) is 50.8 Å². The number of para-hydroxylation sites is 1. The van der Waals surface area contributed by atoms with Crippen LogP contribution in [0.2, 0.25) is 0 Å². The van der Waals surface area contributed by atoms with Crippen molar-refractivity contribution in [2.75, 3.05) is 45.2 Å². The summed E-state index contributed by atoms with van der Waals surface area (Å²) >= 11 is 0. The maximum absolute atomic E-state index is 12.2. The van der Waals surface area contributed by atoms with E-state index in [9.17, 15) is 4.79 Å². The van der Waals surface area contributed by atoms with Gasteiger partial charge in [-0.15, -0.1) is 0 Å². The molecule has 0 unspecified atom stereocenters. The summed E-state index contributed by atoms with van der Waals surface area (Å²) in [6.45, 7) is 6.61. The van der Waals surface area contributed by atoms with Crippen molar-refractivity contribution in [3.63, 3.8) is 0 Å². The maximum Gasteiger partial charge on any atom is 0.319 e. The summed E-state index contributed by atoms with van der Waals surface area (Å²) in [4.78, 5) is 14.7. The molecule has 2 amide bonds. The normalized spacial score (nSPS) is 17.9. The van der Waals surface area contributed by atoms with E-state index >= 15 is 0 Å². The number of rotatable bonds is 7. The smallest absolute Gasteiger partial charge is 0.319 e. The monoisotopic (exact) mass is 345 g/mol. The molecule has 1 atom stereocenters. The Kier molecular flexibility index (Phi) is 5.94. The zero-order valence-electron chi connectivity index (χ0n) is 15.0. The Morgan fingerprint density at radius 2 is 2.32 bits per heavy atom. The molecule has 0 bridgehead atoms. The predicted molar refractivity (Wildman–Crippen MR) is 99.0 cm³/mol. The molecule has 0 aliphatic carbocycles. The van der Waals surface area contributed by atoms with Crippen LogP contribution in [0, 0.1) is 12.8 Å². The first-order valence-electron chi connectivity index (χ1n) is 8.91. The third-order valence-corrected chi connectivity index (χ3v) is 4.66. The van der Waals surface area contributed by atoms with Crippen LogP contribution in [0.15, 0.2) is 28.7 Å². The van der Waals surface area contributed by atoms with Gasteiger partial charge in [0.05, 0.1) is 5.69 Å². The minimum absolute atomic E-state index is 0.181. The molecule has 1 aliphatic heterocycles. The number of hydrogen-bond acceptors (Lipinski definition) is 4. The Morgan fingerprint density at radius 1 is 1.44 bits per heavy atom. The summed E-state index contributed by atoms with van der Waals surface area (Å²) in [5.41, 5.74) is 1.43. The van der Waals surface area contributed by atoms with E-state index in [2.05, 4.69) is 15.5 Å². The van der Waals surface area contributed by atoms with E-state index in [1.165, 1.54) is 0 Å². The van der Waals surface area contributed by atoms with Crippen LogP contribution < -0.4 is 10.6 Å². The van der Waals surface area contributed by atoms with Crippen LogP contribution in [0.5, 0.6) is 0 Å². The van der Waals surface area contributed by atoms with Gasteiger partial charge in [0.1, 0.15) is 5.76 Å². The standard InChI is InChI=1S/C19H27N3O3/c1-14-11-16-5-3-6-17(18(16)25-14)21-19(23)20-12-15-7-9-22(13-15)8-4-10-24-2/h3,5-6,11,15H,4,7-10,12-13H2,1-2H3,(H2,20,21,23)/t15-/m0/s1. The van der Waals surface area contributed by atoms with E-state index in [0.717, 1.165) is 55.8 Å². The van der Waals surface area contributed by atoms with Crippen LogP contribution in [-0.2, 0) is 4.74 Å². The van der Waals surface area contributed by atoms with Gasteiger partial charge in [-0.25, -0.2) is 4.79 Å². The molecule has 0 saturated carbocycles. The zero-order valence-corrected chi connectivity index (χ0v) is 15.0. The van der Waals surface area contributed by atoms with Crippen LogP contribution in [0.3, 0.4) is 0 Å². The second kappa shape index (κ2) is 8.36. The lowest BCUT2D eigenvalue weighted by Gasteiger charge is -2.16. The topological polar surface area (TPSA) is 66.7 Å². The Labute approximate surface area is 148 Å². The number of nitrogens with zero attached hydrogens (tertiary/aromatic N) is 1. The molecular weight excluding hydrogens is 318 g/mol. The fraction of sp³-hybridized carbons (Fsp3) is 0.526. The molecule has 1 aliphatic rings. The number of carbonyl (C=O) groups is 1. The third-order valence-electron chi connectivity index (χ3n) is 4.66. The number of methoxy groups -OCH3 is 1. The fourth-order valence-electron chi connectivity index (χ4n) is 3.41. The molecule has 6 heteroatoms. The van der Waals surface area contributed by atoms with Gasteiger partial charge >= 0.3 is 6.03 Å². The molecule has 1 aromatic carbocycles. The second-order valence-electron chi connectivity index (χ2n) is 6.72. The Bertz CT molecular complexity index is 713. The molecule has 6 nitrogen and oxygen atoms in total. The number of carbonyl (C=O) groups excluding carboxylic acids is 1. The van der Waals surface area contributed by atoms with Gasteiger partial charge in [0.25, 0.3) is 0 Å². The largest absolute Gasteiger partial charge is 0.459 e. The van der Waals surface area contributed by atoms with Gasteiger partial charge in [0, 0.05) is 38.7 Å². The SMILES string of the molecule is COCCCN1CC[C@@H](CNC(=O)Nc2cccc3cc(C)oc23)C1. The summed E-state index contributed by atoms with van der Waals surface area (Å²) < 4.78 is 10.8. The van der Waals surface area contributed by atoms with E-state index in [1.54, 1.807) is 7.11 Å². The van der Waals surface area contributed by atoms with Gasteiger partial charge in [0.2, 0.25) is 0 Å².